The van der Waals surface area contributed by atoms with E-state index in [0.29, 0.717) is 12.1 Å². The molecule has 29 heavy (non-hydrogen) atoms. The van der Waals surface area contributed by atoms with Crippen LogP contribution in [0.2, 0.25) is 0 Å². The van der Waals surface area contributed by atoms with E-state index in [-0.39, 0.29) is 24.7 Å². The van der Waals surface area contributed by atoms with Gasteiger partial charge in [0.15, 0.2) is 0 Å². The Morgan fingerprint density at radius 2 is 1.45 bits per heavy atom. The summed E-state index contributed by atoms with van der Waals surface area (Å²) in [6.07, 6.45) is 9.28. The van der Waals surface area contributed by atoms with Crippen LogP contribution >= 0.6 is 0 Å². The number of primary amides is 1. The highest BCUT2D eigenvalue weighted by Gasteiger charge is 2.21. The molecule has 0 saturated carbocycles. The van der Waals surface area contributed by atoms with Gasteiger partial charge in [-0.15, -0.1) is 0 Å². The predicted molar refractivity (Wildman–Crippen MR) is 115 cm³/mol. The molecule has 1 aromatic rings. The number of benzene rings is 1. The number of carbonyl (C=O) groups is 3. The maximum atomic E-state index is 12.5. The largest absolute Gasteiger partial charge is 0.370 e. The molecule has 0 aliphatic heterocycles. The van der Waals surface area contributed by atoms with Crippen LogP contribution in [0.3, 0.4) is 0 Å². The van der Waals surface area contributed by atoms with Crippen LogP contribution in [0.25, 0.3) is 0 Å². The third-order valence-electron chi connectivity index (χ3n) is 4.77. The molecule has 1 unspecified atom stereocenters. The predicted octanol–water partition coefficient (Wildman–Crippen LogP) is 2.25. The first-order valence-electron chi connectivity index (χ1n) is 10.7. The fraction of sp³-hybridized carbons (Fsp3) is 0.591. The first-order chi connectivity index (χ1) is 14.0. The molecular formula is C22H36N4O3. The number of amides is 3. The molecule has 3 amide bonds. The molecule has 1 atom stereocenters. The Labute approximate surface area is 174 Å². The van der Waals surface area contributed by atoms with Crippen LogP contribution in [0.15, 0.2) is 30.3 Å². The normalized spacial score (nSPS) is 11.6. The Bertz CT molecular complexity index is 607. The molecule has 0 radical (unpaired) electrons. The van der Waals surface area contributed by atoms with Crippen molar-refractivity contribution in [2.24, 2.45) is 11.5 Å². The van der Waals surface area contributed by atoms with Gasteiger partial charge in [0.1, 0.15) is 6.04 Å². The highest BCUT2D eigenvalue weighted by Crippen LogP contribution is 2.08. The van der Waals surface area contributed by atoms with Crippen LogP contribution in [0.1, 0.15) is 74.6 Å². The van der Waals surface area contributed by atoms with E-state index < -0.39 is 11.9 Å². The van der Waals surface area contributed by atoms with Crippen molar-refractivity contribution in [3.05, 3.63) is 35.9 Å². The summed E-state index contributed by atoms with van der Waals surface area (Å²) in [6, 6.07) is 7.90. The van der Waals surface area contributed by atoms with Crippen LogP contribution in [0.5, 0.6) is 0 Å². The quantitative estimate of drug-likeness (QED) is 0.315. The van der Waals surface area contributed by atoms with Crippen molar-refractivity contribution >= 4 is 17.7 Å². The minimum atomic E-state index is -0.780. The molecule has 7 heteroatoms. The molecule has 0 fully saturated rings. The summed E-state index contributed by atoms with van der Waals surface area (Å²) in [5, 5.41) is 5.57. The Balaban J connectivity index is 2.32. The van der Waals surface area contributed by atoms with Gasteiger partial charge < -0.3 is 22.1 Å². The van der Waals surface area contributed by atoms with E-state index in [9.17, 15) is 14.4 Å². The maximum absolute atomic E-state index is 12.5. The Kier molecular flexibility index (Phi) is 13.2. The fourth-order valence-electron chi connectivity index (χ4n) is 3.05. The molecule has 0 heterocycles. The molecule has 1 rings (SSSR count). The van der Waals surface area contributed by atoms with E-state index in [2.05, 4.69) is 10.6 Å². The van der Waals surface area contributed by atoms with Crippen molar-refractivity contribution in [1.82, 2.24) is 10.6 Å². The third kappa shape index (κ3) is 11.9. The van der Waals surface area contributed by atoms with E-state index in [4.69, 9.17) is 11.5 Å². The van der Waals surface area contributed by atoms with E-state index in [1.807, 2.05) is 6.07 Å². The highest BCUT2D eigenvalue weighted by atomic mass is 16.2. The van der Waals surface area contributed by atoms with Crippen LogP contribution in [-0.4, -0.2) is 36.9 Å². The van der Waals surface area contributed by atoms with Gasteiger partial charge >= 0.3 is 0 Å². The SMILES string of the molecule is NCCCCCCCCCCNC(=O)C(CCC(N)=O)NC(=O)c1ccccc1. The van der Waals surface area contributed by atoms with Crippen LogP contribution in [0, 0.1) is 0 Å². The van der Waals surface area contributed by atoms with E-state index in [0.717, 1.165) is 32.2 Å². The highest BCUT2D eigenvalue weighted by molar-refractivity contribution is 5.97. The summed E-state index contributed by atoms with van der Waals surface area (Å²) in [5.41, 5.74) is 11.1. The summed E-state index contributed by atoms with van der Waals surface area (Å²) in [5.74, 6) is -1.12. The van der Waals surface area contributed by atoms with E-state index in [1.165, 1.54) is 25.7 Å². The number of nitrogens with one attached hydrogen (secondary N) is 2. The molecule has 0 aliphatic rings. The lowest BCUT2D eigenvalue weighted by Gasteiger charge is -2.18. The van der Waals surface area contributed by atoms with Gasteiger partial charge in [0, 0.05) is 18.5 Å². The molecular weight excluding hydrogens is 368 g/mol. The van der Waals surface area contributed by atoms with E-state index in [1.54, 1.807) is 24.3 Å². The van der Waals surface area contributed by atoms with Gasteiger partial charge in [-0.3, -0.25) is 14.4 Å². The molecule has 0 saturated heterocycles. The minimum Gasteiger partial charge on any atom is -0.370 e. The van der Waals surface area contributed by atoms with Crippen molar-refractivity contribution in [2.45, 2.75) is 70.3 Å². The zero-order valence-electron chi connectivity index (χ0n) is 17.3. The Morgan fingerprint density at radius 3 is 2.03 bits per heavy atom. The molecule has 0 spiro atoms. The summed E-state index contributed by atoms with van der Waals surface area (Å²) < 4.78 is 0. The summed E-state index contributed by atoms with van der Waals surface area (Å²) in [4.78, 5) is 35.9. The van der Waals surface area contributed by atoms with Gasteiger partial charge in [-0.05, 0) is 37.9 Å². The molecule has 0 aromatic heterocycles. The molecule has 0 bridgehead atoms. The molecule has 0 aliphatic carbocycles. The van der Waals surface area contributed by atoms with Gasteiger partial charge in [0.25, 0.3) is 5.91 Å². The van der Waals surface area contributed by atoms with Crippen molar-refractivity contribution < 1.29 is 14.4 Å². The summed E-state index contributed by atoms with van der Waals surface area (Å²) in [7, 11) is 0. The maximum Gasteiger partial charge on any atom is 0.251 e. The third-order valence-corrected chi connectivity index (χ3v) is 4.77. The molecule has 162 valence electrons. The zero-order valence-corrected chi connectivity index (χ0v) is 17.3. The second kappa shape index (κ2) is 15.5. The number of carbonyl (C=O) groups excluding carboxylic acids is 3. The lowest BCUT2D eigenvalue weighted by atomic mass is 10.1. The lowest BCUT2D eigenvalue weighted by Crippen LogP contribution is -2.47. The Morgan fingerprint density at radius 1 is 0.862 bits per heavy atom. The van der Waals surface area contributed by atoms with Crippen molar-refractivity contribution in [3.63, 3.8) is 0 Å². The van der Waals surface area contributed by atoms with Gasteiger partial charge in [0.2, 0.25) is 11.8 Å². The minimum absolute atomic E-state index is 0.0390. The van der Waals surface area contributed by atoms with Crippen LogP contribution in [-0.2, 0) is 9.59 Å². The second-order valence-corrected chi connectivity index (χ2v) is 7.31. The second-order valence-electron chi connectivity index (χ2n) is 7.31. The van der Waals surface area contributed by atoms with Crippen molar-refractivity contribution in [2.75, 3.05) is 13.1 Å². The average molecular weight is 405 g/mol. The topological polar surface area (TPSA) is 127 Å². The molecule has 6 N–H and O–H groups in total. The van der Waals surface area contributed by atoms with Gasteiger partial charge in [-0.1, -0.05) is 56.7 Å². The van der Waals surface area contributed by atoms with Crippen LogP contribution < -0.4 is 22.1 Å². The smallest absolute Gasteiger partial charge is 0.251 e. The van der Waals surface area contributed by atoms with Crippen molar-refractivity contribution in [1.29, 1.82) is 0 Å². The lowest BCUT2D eigenvalue weighted by molar-refractivity contribution is -0.123. The van der Waals surface area contributed by atoms with E-state index >= 15 is 0 Å². The summed E-state index contributed by atoms with van der Waals surface area (Å²) in [6.45, 7) is 1.33. The number of hydrogen-bond donors (Lipinski definition) is 4. The monoisotopic (exact) mass is 404 g/mol. The number of hydrogen-bond acceptors (Lipinski definition) is 4. The summed E-state index contributed by atoms with van der Waals surface area (Å²) >= 11 is 0. The molecule has 7 nitrogen and oxygen atoms in total. The number of nitrogens with two attached hydrogens (primary N) is 2. The van der Waals surface area contributed by atoms with Crippen molar-refractivity contribution in [3.8, 4) is 0 Å². The average Bonchev–Trinajstić information content (AvgIpc) is 2.72. The van der Waals surface area contributed by atoms with Gasteiger partial charge in [0.05, 0.1) is 0 Å². The Hall–Kier alpha value is -2.41. The number of rotatable bonds is 16. The molecule has 1 aromatic carbocycles. The fourth-order valence-corrected chi connectivity index (χ4v) is 3.05. The van der Waals surface area contributed by atoms with Gasteiger partial charge in [-0.2, -0.15) is 0 Å². The standard InChI is InChI=1S/C22H36N4O3/c23-16-10-5-3-1-2-4-6-11-17-25-22(29)19(14-15-20(24)27)26-21(28)18-12-8-7-9-13-18/h7-9,12-13,19H,1-6,10-11,14-17,23H2,(H2,24,27)(H,25,29)(H,26,28). The first-order valence-corrected chi connectivity index (χ1v) is 10.7. The zero-order chi connectivity index (χ0) is 21.3. The number of unbranched alkanes of at least 4 members (excludes halogenated alkanes) is 7. The first kappa shape index (κ1) is 24.6. The van der Waals surface area contributed by atoms with Gasteiger partial charge in [-0.25, -0.2) is 0 Å². The van der Waals surface area contributed by atoms with Crippen LogP contribution in [0.4, 0.5) is 0 Å².